The third kappa shape index (κ3) is 1.63. The highest BCUT2D eigenvalue weighted by molar-refractivity contribution is 5.90. The van der Waals surface area contributed by atoms with Crippen molar-refractivity contribution in [3.05, 3.63) is 12.2 Å². The number of carbonyl (C=O) groups is 1. The van der Waals surface area contributed by atoms with Gasteiger partial charge in [0, 0.05) is 11.5 Å². The molecule has 3 aliphatic rings. The molecule has 0 bridgehead atoms. The standard InChI is InChI=1S/C15H22O3/c1-8(16)4-5-11-12-6-10-9(2)14(17)18-13(10)7-15(11,12)3/h8,10-13,16H,2,4-7H2,1,3H3/t8-,10+,11-,12-,13+,15+/m0/s1. The van der Waals surface area contributed by atoms with Gasteiger partial charge in [-0.2, -0.15) is 0 Å². The number of hydrogen-bond acceptors (Lipinski definition) is 3. The largest absolute Gasteiger partial charge is 0.458 e. The number of hydrogen-bond donors (Lipinski definition) is 1. The number of ether oxygens (including phenoxy) is 1. The number of aliphatic hydroxyl groups is 1. The lowest BCUT2D eigenvalue weighted by molar-refractivity contribution is -0.140. The van der Waals surface area contributed by atoms with Crippen molar-refractivity contribution in [1.29, 1.82) is 0 Å². The predicted molar refractivity (Wildman–Crippen MR) is 67.7 cm³/mol. The first-order valence-electron chi connectivity index (χ1n) is 7.01. The Morgan fingerprint density at radius 2 is 2.33 bits per heavy atom. The molecular weight excluding hydrogens is 228 g/mol. The second-order valence-corrected chi connectivity index (χ2v) is 6.66. The Kier molecular flexibility index (Phi) is 2.60. The van der Waals surface area contributed by atoms with E-state index in [2.05, 4.69) is 13.5 Å². The fourth-order valence-corrected chi connectivity index (χ4v) is 4.31. The summed E-state index contributed by atoms with van der Waals surface area (Å²) in [6, 6.07) is 0. The molecule has 3 nitrogen and oxygen atoms in total. The van der Waals surface area contributed by atoms with Crippen LogP contribution < -0.4 is 0 Å². The monoisotopic (exact) mass is 250 g/mol. The van der Waals surface area contributed by atoms with Gasteiger partial charge in [0.05, 0.1) is 6.10 Å². The van der Waals surface area contributed by atoms with Crippen LogP contribution in [0, 0.1) is 23.2 Å². The molecule has 1 N–H and O–H groups in total. The van der Waals surface area contributed by atoms with Crippen molar-refractivity contribution in [3.63, 3.8) is 0 Å². The summed E-state index contributed by atoms with van der Waals surface area (Å²) in [5, 5.41) is 9.40. The fourth-order valence-electron chi connectivity index (χ4n) is 4.31. The Balaban J connectivity index is 1.67. The van der Waals surface area contributed by atoms with Crippen LogP contribution in [-0.2, 0) is 9.53 Å². The summed E-state index contributed by atoms with van der Waals surface area (Å²) in [4.78, 5) is 11.5. The molecule has 2 aliphatic carbocycles. The average Bonchev–Trinajstić information content (AvgIpc) is 2.77. The van der Waals surface area contributed by atoms with E-state index in [4.69, 9.17) is 4.74 Å². The first kappa shape index (κ1) is 12.2. The molecule has 18 heavy (non-hydrogen) atoms. The maximum absolute atomic E-state index is 11.5. The third-order valence-corrected chi connectivity index (χ3v) is 5.53. The minimum absolute atomic E-state index is 0.0720. The molecule has 1 aliphatic heterocycles. The molecule has 0 aromatic rings. The highest BCUT2D eigenvalue weighted by Crippen LogP contribution is 2.70. The second-order valence-electron chi connectivity index (χ2n) is 6.66. The van der Waals surface area contributed by atoms with Crippen LogP contribution in [0.2, 0.25) is 0 Å². The van der Waals surface area contributed by atoms with Gasteiger partial charge in [-0.15, -0.1) is 0 Å². The van der Waals surface area contributed by atoms with E-state index in [-0.39, 0.29) is 24.1 Å². The minimum Gasteiger partial charge on any atom is -0.458 e. The first-order chi connectivity index (χ1) is 8.43. The fraction of sp³-hybridized carbons (Fsp3) is 0.800. The Hall–Kier alpha value is -0.830. The lowest BCUT2D eigenvalue weighted by Crippen LogP contribution is -2.26. The third-order valence-electron chi connectivity index (χ3n) is 5.53. The van der Waals surface area contributed by atoms with Crippen molar-refractivity contribution in [2.75, 3.05) is 0 Å². The summed E-state index contributed by atoms with van der Waals surface area (Å²) < 4.78 is 5.43. The van der Waals surface area contributed by atoms with E-state index in [1.165, 1.54) is 0 Å². The van der Waals surface area contributed by atoms with E-state index in [0.717, 1.165) is 25.7 Å². The Morgan fingerprint density at radius 1 is 1.61 bits per heavy atom. The summed E-state index contributed by atoms with van der Waals surface area (Å²) >= 11 is 0. The van der Waals surface area contributed by atoms with Crippen LogP contribution in [0.1, 0.15) is 39.5 Å². The molecule has 3 fully saturated rings. The molecule has 0 spiro atoms. The number of fused-ring (bicyclic) bond motifs is 2. The molecule has 100 valence electrons. The topological polar surface area (TPSA) is 46.5 Å². The van der Waals surface area contributed by atoms with E-state index < -0.39 is 0 Å². The van der Waals surface area contributed by atoms with Crippen LogP contribution in [0.3, 0.4) is 0 Å². The predicted octanol–water partition coefficient (Wildman–Crippen LogP) is 2.29. The van der Waals surface area contributed by atoms with E-state index in [1.54, 1.807) is 0 Å². The maximum Gasteiger partial charge on any atom is 0.334 e. The lowest BCUT2D eigenvalue weighted by atomic mass is 9.79. The number of aliphatic hydroxyl groups excluding tert-OH is 1. The quantitative estimate of drug-likeness (QED) is 0.617. The van der Waals surface area contributed by atoms with Crippen LogP contribution in [0.4, 0.5) is 0 Å². The zero-order valence-corrected chi connectivity index (χ0v) is 11.2. The van der Waals surface area contributed by atoms with Gasteiger partial charge in [-0.05, 0) is 49.9 Å². The van der Waals surface area contributed by atoms with Crippen molar-refractivity contribution in [3.8, 4) is 0 Å². The van der Waals surface area contributed by atoms with Crippen molar-refractivity contribution in [2.24, 2.45) is 23.2 Å². The summed E-state index contributed by atoms with van der Waals surface area (Å²) in [6.07, 6.45) is 3.88. The number of rotatable bonds is 3. The van der Waals surface area contributed by atoms with Crippen LogP contribution in [0.25, 0.3) is 0 Å². The van der Waals surface area contributed by atoms with Gasteiger partial charge in [-0.25, -0.2) is 4.79 Å². The highest BCUT2D eigenvalue weighted by atomic mass is 16.6. The SMILES string of the molecule is C=C1C(=O)O[C@@H]2C[C@]3(C)[C@@H](CC[C@H](C)O)[C@@H]3C[C@H]12. The molecule has 1 saturated heterocycles. The molecule has 0 amide bonds. The average molecular weight is 250 g/mol. The van der Waals surface area contributed by atoms with Gasteiger partial charge in [-0.1, -0.05) is 13.5 Å². The van der Waals surface area contributed by atoms with Gasteiger partial charge >= 0.3 is 5.97 Å². The molecule has 1 heterocycles. The van der Waals surface area contributed by atoms with E-state index in [0.29, 0.717) is 22.8 Å². The van der Waals surface area contributed by atoms with E-state index in [9.17, 15) is 9.90 Å². The van der Waals surface area contributed by atoms with Gasteiger partial charge in [0.15, 0.2) is 0 Å². The molecule has 0 aromatic heterocycles. The van der Waals surface area contributed by atoms with Crippen LogP contribution in [0.5, 0.6) is 0 Å². The summed E-state index contributed by atoms with van der Waals surface area (Å²) in [7, 11) is 0. The van der Waals surface area contributed by atoms with Crippen LogP contribution >= 0.6 is 0 Å². The molecule has 6 atom stereocenters. The van der Waals surface area contributed by atoms with Gasteiger partial charge in [0.1, 0.15) is 6.10 Å². The molecule has 0 radical (unpaired) electrons. The maximum atomic E-state index is 11.5. The molecule has 0 aromatic carbocycles. The molecule has 3 heteroatoms. The Bertz CT molecular complexity index is 401. The molecule has 3 rings (SSSR count). The van der Waals surface area contributed by atoms with Crippen molar-refractivity contribution >= 4 is 5.97 Å². The molecule has 2 saturated carbocycles. The Labute approximate surface area is 108 Å². The summed E-state index contributed by atoms with van der Waals surface area (Å²) in [5.74, 6) is 1.47. The summed E-state index contributed by atoms with van der Waals surface area (Å²) in [5.41, 5.74) is 1.02. The van der Waals surface area contributed by atoms with Crippen molar-refractivity contribution in [2.45, 2.75) is 51.7 Å². The van der Waals surface area contributed by atoms with Crippen LogP contribution in [0.15, 0.2) is 12.2 Å². The first-order valence-corrected chi connectivity index (χ1v) is 7.01. The zero-order chi connectivity index (χ0) is 13.1. The second kappa shape index (κ2) is 3.83. The van der Waals surface area contributed by atoms with Crippen LogP contribution in [-0.4, -0.2) is 23.3 Å². The minimum atomic E-state index is -0.205. The summed E-state index contributed by atoms with van der Waals surface area (Å²) in [6.45, 7) is 8.05. The Morgan fingerprint density at radius 3 is 3.00 bits per heavy atom. The number of carbonyl (C=O) groups excluding carboxylic acids is 1. The van der Waals surface area contributed by atoms with Crippen molar-refractivity contribution < 1.29 is 14.6 Å². The normalized spacial score (nSPS) is 47.3. The van der Waals surface area contributed by atoms with Gasteiger partial charge in [0.2, 0.25) is 0 Å². The van der Waals surface area contributed by atoms with E-state index >= 15 is 0 Å². The molecular formula is C15H22O3. The smallest absolute Gasteiger partial charge is 0.334 e. The van der Waals surface area contributed by atoms with Gasteiger partial charge in [0.25, 0.3) is 0 Å². The zero-order valence-electron chi connectivity index (χ0n) is 11.2. The number of esters is 1. The van der Waals surface area contributed by atoms with Gasteiger partial charge < -0.3 is 9.84 Å². The lowest BCUT2D eigenvalue weighted by Gasteiger charge is -2.27. The van der Waals surface area contributed by atoms with Gasteiger partial charge in [-0.3, -0.25) is 0 Å². The van der Waals surface area contributed by atoms with E-state index in [1.807, 2.05) is 6.92 Å². The van der Waals surface area contributed by atoms with Crippen molar-refractivity contribution in [1.82, 2.24) is 0 Å². The highest BCUT2D eigenvalue weighted by Gasteiger charge is 2.66. The molecule has 0 unspecified atom stereocenters.